The molecule has 0 aromatic heterocycles. The standard InChI is InChI=1S/C13H23NO2/c15-13(14-9-3-4-10-14)16-11-5-8-12-6-1-2-7-12/h12H,1-11H2. The molecule has 0 N–H and O–H groups in total. The van der Waals surface area contributed by atoms with Crippen LogP contribution in [0.15, 0.2) is 0 Å². The highest BCUT2D eigenvalue weighted by Crippen LogP contribution is 2.28. The van der Waals surface area contributed by atoms with Crippen molar-refractivity contribution in [3.8, 4) is 0 Å². The molecule has 1 amide bonds. The molecular formula is C13H23NO2. The molecule has 1 aliphatic heterocycles. The second-order valence-electron chi connectivity index (χ2n) is 5.10. The fraction of sp³-hybridized carbons (Fsp3) is 0.923. The van der Waals surface area contributed by atoms with Crippen LogP contribution in [0, 0.1) is 5.92 Å². The molecule has 0 aromatic rings. The number of nitrogens with zero attached hydrogens (tertiary/aromatic N) is 1. The molecule has 2 rings (SSSR count). The van der Waals surface area contributed by atoms with Gasteiger partial charge in [-0.1, -0.05) is 25.7 Å². The lowest BCUT2D eigenvalue weighted by Crippen LogP contribution is -2.28. The maximum absolute atomic E-state index is 11.5. The molecule has 2 aliphatic rings. The number of amides is 1. The molecule has 1 heterocycles. The molecule has 0 unspecified atom stereocenters. The van der Waals surface area contributed by atoms with E-state index in [0.717, 1.165) is 38.3 Å². The van der Waals surface area contributed by atoms with Gasteiger partial charge in [-0.25, -0.2) is 4.79 Å². The van der Waals surface area contributed by atoms with Gasteiger partial charge in [-0.3, -0.25) is 0 Å². The predicted molar refractivity (Wildman–Crippen MR) is 63.3 cm³/mol. The van der Waals surface area contributed by atoms with Crippen molar-refractivity contribution < 1.29 is 9.53 Å². The summed E-state index contributed by atoms with van der Waals surface area (Å²) in [6, 6.07) is 0. The van der Waals surface area contributed by atoms with Crippen LogP contribution in [0.25, 0.3) is 0 Å². The van der Waals surface area contributed by atoms with Crippen LogP contribution in [-0.2, 0) is 4.74 Å². The topological polar surface area (TPSA) is 29.5 Å². The van der Waals surface area contributed by atoms with Gasteiger partial charge in [0.1, 0.15) is 0 Å². The lowest BCUT2D eigenvalue weighted by atomic mass is 10.0. The molecule has 0 bridgehead atoms. The molecule has 1 aliphatic carbocycles. The molecule has 3 heteroatoms. The Morgan fingerprint density at radius 3 is 2.50 bits per heavy atom. The van der Waals surface area contributed by atoms with E-state index in [9.17, 15) is 4.79 Å². The number of ether oxygens (including phenoxy) is 1. The first-order chi connectivity index (χ1) is 7.86. The minimum absolute atomic E-state index is 0.0936. The fourth-order valence-electron chi connectivity index (χ4n) is 2.82. The van der Waals surface area contributed by atoms with E-state index in [4.69, 9.17) is 4.74 Å². The van der Waals surface area contributed by atoms with Gasteiger partial charge in [0, 0.05) is 13.1 Å². The summed E-state index contributed by atoms with van der Waals surface area (Å²) in [5.74, 6) is 0.908. The zero-order valence-electron chi connectivity index (χ0n) is 10.1. The molecule has 0 spiro atoms. The highest BCUT2D eigenvalue weighted by Gasteiger charge is 2.19. The van der Waals surface area contributed by atoms with E-state index in [1.54, 1.807) is 0 Å². The van der Waals surface area contributed by atoms with E-state index in [1.165, 1.54) is 32.1 Å². The highest BCUT2D eigenvalue weighted by atomic mass is 16.6. The van der Waals surface area contributed by atoms with Crippen molar-refractivity contribution in [1.29, 1.82) is 0 Å². The van der Waals surface area contributed by atoms with Gasteiger partial charge < -0.3 is 9.64 Å². The number of carbonyl (C=O) groups is 1. The molecule has 3 nitrogen and oxygen atoms in total. The molecule has 2 fully saturated rings. The van der Waals surface area contributed by atoms with Crippen LogP contribution in [0.2, 0.25) is 0 Å². The summed E-state index contributed by atoms with van der Waals surface area (Å²) >= 11 is 0. The van der Waals surface area contributed by atoms with Crippen molar-refractivity contribution >= 4 is 6.09 Å². The average Bonchev–Trinajstić information content (AvgIpc) is 2.96. The van der Waals surface area contributed by atoms with E-state index in [2.05, 4.69) is 0 Å². The Hall–Kier alpha value is -0.730. The fourth-order valence-corrected chi connectivity index (χ4v) is 2.82. The lowest BCUT2D eigenvalue weighted by molar-refractivity contribution is 0.107. The minimum Gasteiger partial charge on any atom is -0.449 e. The quantitative estimate of drug-likeness (QED) is 0.688. The second kappa shape index (κ2) is 6.12. The molecule has 16 heavy (non-hydrogen) atoms. The van der Waals surface area contributed by atoms with Gasteiger partial charge in [-0.05, 0) is 31.6 Å². The summed E-state index contributed by atoms with van der Waals surface area (Å²) < 4.78 is 5.27. The van der Waals surface area contributed by atoms with Crippen LogP contribution in [-0.4, -0.2) is 30.7 Å². The van der Waals surface area contributed by atoms with E-state index in [1.807, 2.05) is 4.90 Å². The zero-order chi connectivity index (χ0) is 11.2. The summed E-state index contributed by atoms with van der Waals surface area (Å²) in [5.41, 5.74) is 0. The number of hydrogen-bond acceptors (Lipinski definition) is 2. The third-order valence-electron chi connectivity index (χ3n) is 3.82. The van der Waals surface area contributed by atoms with Crippen LogP contribution in [0.1, 0.15) is 51.4 Å². The van der Waals surface area contributed by atoms with Gasteiger partial charge in [0.05, 0.1) is 6.61 Å². The van der Waals surface area contributed by atoms with E-state index < -0.39 is 0 Å². The van der Waals surface area contributed by atoms with Gasteiger partial charge in [0.15, 0.2) is 0 Å². The number of hydrogen-bond donors (Lipinski definition) is 0. The monoisotopic (exact) mass is 225 g/mol. The van der Waals surface area contributed by atoms with E-state index >= 15 is 0 Å². The Balaban J connectivity index is 1.51. The molecule has 1 saturated carbocycles. The summed E-state index contributed by atoms with van der Waals surface area (Å²) in [5, 5.41) is 0. The summed E-state index contributed by atoms with van der Waals surface area (Å²) in [7, 11) is 0. The van der Waals surface area contributed by atoms with E-state index in [0.29, 0.717) is 6.61 Å². The Morgan fingerprint density at radius 1 is 1.12 bits per heavy atom. The number of rotatable bonds is 4. The molecule has 92 valence electrons. The molecular weight excluding hydrogens is 202 g/mol. The highest BCUT2D eigenvalue weighted by molar-refractivity contribution is 5.67. The van der Waals surface area contributed by atoms with Crippen molar-refractivity contribution in [3.63, 3.8) is 0 Å². The van der Waals surface area contributed by atoms with Crippen LogP contribution in [0.5, 0.6) is 0 Å². The summed E-state index contributed by atoms with van der Waals surface area (Å²) in [4.78, 5) is 13.4. The number of carbonyl (C=O) groups excluding carboxylic acids is 1. The third kappa shape index (κ3) is 3.39. The maximum Gasteiger partial charge on any atom is 0.409 e. The molecule has 0 aromatic carbocycles. The normalized spacial score (nSPS) is 21.6. The van der Waals surface area contributed by atoms with Gasteiger partial charge in [-0.15, -0.1) is 0 Å². The van der Waals surface area contributed by atoms with Crippen molar-refractivity contribution in [2.45, 2.75) is 51.4 Å². The molecule has 0 atom stereocenters. The molecule has 1 saturated heterocycles. The minimum atomic E-state index is -0.0936. The van der Waals surface area contributed by atoms with Gasteiger partial charge in [-0.2, -0.15) is 0 Å². The van der Waals surface area contributed by atoms with Crippen LogP contribution >= 0.6 is 0 Å². The van der Waals surface area contributed by atoms with Gasteiger partial charge in [0.25, 0.3) is 0 Å². The Bertz CT molecular complexity index is 218. The Labute approximate surface area is 98.1 Å². The summed E-state index contributed by atoms with van der Waals surface area (Å²) in [6.45, 7) is 2.40. The maximum atomic E-state index is 11.5. The zero-order valence-corrected chi connectivity index (χ0v) is 10.1. The van der Waals surface area contributed by atoms with E-state index in [-0.39, 0.29) is 6.09 Å². The first-order valence-corrected chi connectivity index (χ1v) is 6.78. The summed E-state index contributed by atoms with van der Waals surface area (Å²) in [6.07, 6.45) is 10.0. The SMILES string of the molecule is O=C(OCCCC1CCCC1)N1CCCC1. The van der Waals surface area contributed by atoms with Gasteiger partial charge in [0.2, 0.25) is 0 Å². The smallest absolute Gasteiger partial charge is 0.409 e. The lowest BCUT2D eigenvalue weighted by Gasteiger charge is -2.15. The largest absolute Gasteiger partial charge is 0.449 e. The van der Waals surface area contributed by atoms with Crippen molar-refractivity contribution in [2.75, 3.05) is 19.7 Å². The first-order valence-electron chi connectivity index (χ1n) is 6.78. The van der Waals surface area contributed by atoms with Crippen molar-refractivity contribution in [2.24, 2.45) is 5.92 Å². The molecule has 0 radical (unpaired) electrons. The predicted octanol–water partition coefficient (Wildman–Crippen LogP) is 3.19. The van der Waals surface area contributed by atoms with Crippen LogP contribution in [0.3, 0.4) is 0 Å². The van der Waals surface area contributed by atoms with Crippen LogP contribution < -0.4 is 0 Å². The van der Waals surface area contributed by atoms with Crippen molar-refractivity contribution in [1.82, 2.24) is 4.90 Å². The second-order valence-corrected chi connectivity index (χ2v) is 5.10. The van der Waals surface area contributed by atoms with Crippen molar-refractivity contribution in [3.05, 3.63) is 0 Å². The Kier molecular flexibility index (Phi) is 4.49. The average molecular weight is 225 g/mol. The first kappa shape index (κ1) is 11.7. The van der Waals surface area contributed by atoms with Gasteiger partial charge >= 0.3 is 6.09 Å². The van der Waals surface area contributed by atoms with Crippen LogP contribution in [0.4, 0.5) is 4.79 Å². The number of likely N-dealkylation sites (tertiary alicyclic amines) is 1. The Morgan fingerprint density at radius 2 is 1.81 bits per heavy atom. The third-order valence-corrected chi connectivity index (χ3v) is 3.82.